The molecule has 0 fully saturated rings. The number of alkyl halides is 3. The predicted octanol–water partition coefficient (Wildman–Crippen LogP) is 4.80. The molecule has 1 amide bonds. The number of para-hydroxylation sites is 1. The van der Waals surface area contributed by atoms with E-state index in [2.05, 4.69) is 10.5 Å². The molecule has 3 aromatic rings. The fraction of sp³-hybridized carbons (Fsp3) is 0.130. The highest BCUT2D eigenvalue weighted by atomic mass is 35.5. The molecule has 0 aliphatic rings. The average Bonchev–Trinajstić information content (AvgIpc) is 2.81. The number of nitrogens with one attached hydrogen (secondary N) is 1. The zero-order valence-corrected chi connectivity index (χ0v) is 19.7. The van der Waals surface area contributed by atoms with E-state index in [-0.39, 0.29) is 21.4 Å². The van der Waals surface area contributed by atoms with Crippen LogP contribution in [0.3, 0.4) is 0 Å². The van der Waals surface area contributed by atoms with Gasteiger partial charge in [0.05, 0.1) is 26.9 Å². The number of phenols is 1. The van der Waals surface area contributed by atoms with Crippen molar-refractivity contribution in [1.82, 2.24) is 5.43 Å². The lowest BCUT2D eigenvalue weighted by molar-refractivity contribution is -0.137. The Bertz CT molecular complexity index is 1360. The molecule has 0 unspecified atom stereocenters. The van der Waals surface area contributed by atoms with E-state index in [1.165, 1.54) is 37.3 Å². The molecule has 0 heterocycles. The van der Waals surface area contributed by atoms with Crippen molar-refractivity contribution in [3.05, 3.63) is 88.9 Å². The first-order chi connectivity index (χ1) is 16.4. The van der Waals surface area contributed by atoms with E-state index in [1.54, 1.807) is 24.3 Å². The molecule has 184 valence electrons. The van der Waals surface area contributed by atoms with Gasteiger partial charge in [0.1, 0.15) is 12.3 Å². The number of nitrogens with zero attached hydrogens (tertiary/aromatic N) is 2. The highest BCUT2D eigenvalue weighted by Gasteiger charge is 2.34. The van der Waals surface area contributed by atoms with Gasteiger partial charge in [-0.1, -0.05) is 41.9 Å². The summed E-state index contributed by atoms with van der Waals surface area (Å²) in [6, 6.07) is 15.3. The normalized spacial score (nSPS) is 12.3. The van der Waals surface area contributed by atoms with Crippen LogP contribution in [0.4, 0.5) is 18.9 Å². The summed E-state index contributed by atoms with van der Waals surface area (Å²) in [4.78, 5) is 12.4. The molecule has 3 rings (SSSR count). The van der Waals surface area contributed by atoms with Gasteiger partial charge in [-0.05, 0) is 49.4 Å². The van der Waals surface area contributed by atoms with Crippen molar-refractivity contribution in [3.8, 4) is 5.75 Å². The fourth-order valence-corrected chi connectivity index (χ4v) is 4.77. The van der Waals surface area contributed by atoms with E-state index in [9.17, 15) is 31.5 Å². The van der Waals surface area contributed by atoms with Crippen molar-refractivity contribution < 1.29 is 31.5 Å². The minimum atomic E-state index is -4.77. The van der Waals surface area contributed by atoms with Crippen LogP contribution in [-0.2, 0) is 21.0 Å². The van der Waals surface area contributed by atoms with Gasteiger partial charge in [-0.3, -0.25) is 9.10 Å². The first kappa shape index (κ1) is 26.0. The summed E-state index contributed by atoms with van der Waals surface area (Å²) < 4.78 is 67.1. The van der Waals surface area contributed by atoms with Gasteiger partial charge in [-0.2, -0.15) is 18.3 Å². The Morgan fingerprint density at radius 1 is 1.06 bits per heavy atom. The quantitative estimate of drug-likeness (QED) is 0.342. The molecule has 0 saturated carbocycles. The van der Waals surface area contributed by atoms with E-state index in [4.69, 9.17) is 11.6 Å². The lowest BCUT2D eigenvalue weighted by Crippen LogP contribution is -2.40. The van der Waals surface area contributed by atoms with Crippen LogP contribution in [0.15, 0.2) is 82.8 Å². The summed E-state index contributed by atoms with van der Waals surface area (Å²) in [5, 5.41) is 13.5. The molecule has 0 bridgehead atoms. The van der Waals surface area contributed by atoms with Crippen molar-refractivity contribution in [2.75, 3.05) is 10.8 Å². The predicted molar refractivity (Wildman–Crippen MR) is 126 cm³/mol. The second kappa shape index (κ2) is 10.4. The molecule has 0 saturated heterocycles. The maximum absolute atomic E-state index is 13.3. The molecule has 3 aromatic carbocycles. The lowest BCUT2D eigenvalue weighted by atomic mass is 10.1. The molecular formula is C23H19ClF3N3O4S. The number of carbonyl (C=O) groups excluding carboxylic acids is 1. The van der Waals surface area contributed by atoms with Gasteiger partial charge in [0.25, 0.3) is 15.9 Å². The van der Waals surface area contributed by atoms with E-state index in [0.717, 1.165) is 6.07 Å². The number of sulfonamides is 1. The van der Waals surface area contributed by atoms with Crippen molar-refractivity contribution in [2.45, 2.75) is 18.0 Å². The minimum absolute atomic E-state index is 0.0907. The number of amides is 1. The summed E-state index contributed by atoms with van der Waals surface area (Å²) in [7, 11) is -4.50. The molecule has 35 heavy (non-hydrogen) atoms. The maximum atomic E-state index is 13.3. The van der Waals surface area contributed by atoms with Crippen molar-refractivity contribution in [2.24, 2.45) is 5.10 Å². The smallest absolute Gasteiger partial charge is 0.416 e. The van der Waals surface area contributed by atoms with Gasteiger partial charge in [0, 0.05) is 5.56 Å². The van der Waals surface area contributed by atoms with Crippen molar-refractivity contribution in [3.63, 3.8) is 0 Å². The van der Waals surface area contributed by atoms with Crippen LogP contribution >= 0.6 is 11.6 Å². The van der Waals surface area contributed by atoms with Crippen LogP contribution in [0.1, 0.15) is 18.1 Å². The monoisotopic (exact) mass is 525 g/mol. The number of rotatable bonds is 7. The Labute approximate surface area is 204 Å². The molecule has 0 radical (unpaired) electrons. The summed E-state index contributed by atoms with van der Waals surface area (Å²) >= 11 is 6.08. The fourth-order valence-electron chi connectivity index (χ4n) is 3.05. The second-order valence-corrected chi connectivity index (χ2v) is 9.51. The topological polar surface area (TPSA) is 99.1 Å². The third-order valence-electron chi connectivity index (χ3n) is 4.80. The summed E-state index contributed by atoms with van der Waals surface area (Å²) in [6.07, 6.45) is -4.77. The molecule has 0 spiro atoms. The summed E-state index contributed by atoms with van der Waals surface area (Å²) in [6.45, 7) is 0.577. The zero-order chi connectivity index (χ0) is 25.8. The first-order valence-corrected chi connectivity index (χ1v) is 11.8. The molecule has 0 aliphatic carbocycles. The number of aromatic hydroxyl groups is 1. The van der Waals surface area contributed by atoms with Crippen LogP contribution < -0.4 is 9.73 Å². The number of hydrogen-bond donors (Lipinski definition) is 2. The summed E-state index contributed by atoms with van der Waals surface area (Å²) in [5.41, 5.74) is 1.03. The SMILES string of the molecule is C/C(=N\NC(=O)CN(c1cc(C(F)(F)F)ccc1Cl)S(=O)(=O)c1ccccc1)c1ccccc1O. The summed E-state index contributed by atoms with van der Waals surface area (Å²) in [5.74, 6) is -1.04. The van der Waals surface area contributed by atoms with Gasteiger partial charge in [-0.25, -0.2) is 13.8 Å². The highest BCUT2D eigenvalue weighted by molar-refractivity contribution is 7.92. The van der Waals surface area contributed by atoms with E-state index < -0.39 is 39.9 Å². The average molecular weight is 526 g/mol. The largest absolute Gasteiger partial charge is 0.507 e. The number of halogens is 4. The highest BCUT2D eigenvalue weighted by Crippen LogP contribution is 2.37. The number of hydrazone groups is 1. The van der Waals surface area contributed by atoms with Gasteiger partial charge >= 0.3 is 6.18 Å². The van der Waals surface area contributed by atoms with Crippen LogP contribution in [0.5, 0.6) is 5.75 Å². The third-order valence-corrected chi connectivity index (χ3v) is 6.90. The Morgan fingerprint density at radius 3 is 2.31 bits per heavy atom. The van der Waals surface area contributed by atoms with E-state index >= 15 is 0 Å². The lowest BCUT2D eigenvalue weighted by Gasteiger charge is -2.25. The zero-order valence-electron chi connectivity index (χ0n) is 18.1. The molecule has 0 aliphatic heterocycles. The van der Waals surface area contributed by atoms with Crippen LogP contribution in [0.2, 0.25) is 5.02 Å². The van der Waals surface area contributed by atoms with Crippen LogP contribution in [-0.4, -0.2) is 31.7 Å². The minimum Gasteiger partial charge on any atom is -0.507 e. The molecule has 0 atom stereocenters. The maximum Gasteiger partial charge on any atom is 0.416 e. The van der Waals surface area contributed by atoms with E-state index in [0.29, 0.717) is 22.0 Å². The third kappa shape index (κ3) is 6.11. The van der Waals surface area contributed by atoms with Gasteiger partial charge < -0.3 is 5.11 Å². The Balaban J connectivity index is 2.00. The van der Waals surface area contributed by atoms with E-state index in [1.807, 2.05) is 0 Å². The number of hydrogen-bond acceptors (Lipinski definition) is 5. The van der Waals surface area contributed by atoms with Gasteiger partial charge in [0.2, 0.25) is 0 Å². The van der Waals surface area contributed by atoms with Gasteiger partial charge in [-0.15, -0.1) is 0 Å². The molecule has 0 aromatic heterocycles. The standard InChI is InChI=1S/C23H19ClF3N3O4S/c1-15(18-9-5-6-10-21(18)31)28-29-22(32)14-30(35(33,34)17-7-3-2-4-8-17)20-13-16(23(25,26)27)11-12-19(20)24/h2-13,31H,14H2,1H3,(H,29,32)/b28-15+. The number of phenolic OH excluding ortho intramolecular Hbond substituents is 1. The van der Waals surface area contributed by atoms with Crippen LogP contribution in [0.25, 0.3) is 0 Å². The molecule has 2 N–H and O–H groups in total. The Kier molecular flexibility index (Phi) is 7.71. The number of carbonyl (C=O) groups is 1. The van der Waals surface area contributed by atoms with Crippen molar-refractivity contribution >= 4 is 38.9 Å². The first-order valence-electron chi connectivity index (χ1n) is 9.97. The molecular weight excluding hydrogens is 507 g/mol. The number of anilines is 1. The Hall–Kier alpha value is -3.57. The van der Waals surface area contributed by atoms with Crippen LogP contribution in [0, 0.1) is 0 Å². The molecule has 7 nitrogen and oxygen atoms in total. The van der Waals surface area contributed by atoms with Gasteiger partial charge in [0.15, 0.2) is 0 Å². The second-order valence-electron chi connectivity index (χ2n) is 7.24. The number of benzene rings is 3. The van der Waals surface area contributed by atoms with Crippen molar-refractivity contribution in [1.29, 1.82) is 0 Å². The Morgan fingerprint density at radius 2 is 1.69 bits per heavy atom. The molecule has 12 heteroatoms.